The monoisotopic (exact) mass is 448 g/mol. The van der Waals surface area contributed by atoms with Crippen LogP contribution in [0.5, 0.6) is 11.5 Å². The first-order valence-electron chi connectivity index (χ1n) is 11.7. The first kappa shape index (κ1) is 21.8. The van der Waals surface area contributed by atoms with E-state index in [4.69, 9.17) is 15.2 Å². The van der Waals surface area contributed by atoms with E-state index in [2.05, 4.69) is 26.7 Å². The number of nitriles is 1. The fraction of sp³-hybridized carbons (Fsp3) is 0.560. The van der Waals surface area contributed by atoms with Crippen molar-refractivity contribution in [2.24, 2.45) is 28.9 Å². The number of anilines is 2. The predicted octanol–water partition coefficient (Wildman–Crippen LogP) is 3.54. The third-order valence-corrected chi connectivity index (χ3v) is 7.94. The van der Waals surface area contributed by atoms with Crippen LogP contribution in [0.3, 0.4) is 0 Å². The van der Waals surface area contributed by atoms with Gasteiger partial charge < -0.3 is 25.8 Å². The molecule has 4 N–H and O–H groups in total. The summed E-state index contributed by atoms with van der Waals surface area (Å²) in [5.74, 6) is 4.67. The van der Waals surface area contributed by atoms with Crippen LogP contribution in [0, 0.1) is 34.5 Å². The number of nitrogens with one attached hydrogen (secondary N) is 2. The molecule has 8 nitrogen and oxygen atoms in total. The Morgan fingerprint density at radius 3 is 2.64 bits per heavy atom. The van der Waals surface area contributed by atoms with Crippen LogP contribution in [-0.2, 0) is 6.54 Å². The highest BCUT2D eigenvalue weighted by atomic mass is 16.5. The SMILES string of the molecule is COc1ccc(OC)c(CNc2ncc(C#N)c(NCC34CC5C[C@H](C3)C(N)[C@@H](C5)C4)n2)c1. The van der Waals surface area contributed by atoms with Gasteiger partial charge in [-0.05, 0) is 73.5 Å². The summed E-state index contributed by atoms with van der Waals surface area (Å²) in [6.45, 7) is 1.30. The average Bonchev–Trinajstić information content (AvgIpc) is 2.84. The fourth-order valence-electron chi connectivity index (χ4n) is 6.60. The van der Waals surface area contributed by atoms with Crippen molar-refractivity contribution in [2.75, 3.05) is 31.4 Å². The molecule has 4 bridgehead atoms. The topological polar surface area (TPSA) is 118 Å². The lowest BCUT2D eigenvalue weighted by molar-refractivity contribution is -0.0591. The van der Waals surface area contributed by atoms with Gasteiger partial charge in [0.2, 0.25) is 5.95 Å². The van der Waals surface area contributed by atoms with Crippen molar-refractivity contribution in [1.82, 2.24) is 9.97 Å². The molecule has 4 aliphatic carbocycles. The molecule has 0 spiro atoms. The highest BCUT2D eigenvalue weighted by molar-refractivity contribution is 5.54. The number of ether oxygens (including phenoxy) is 2. The van der Waals surface area contributed by atoms with Crippen molar-refractivity contribution in [2.45, 2.75) is 44.7 Å². The maximum Gasteiger partial charge on any atom is 0.224 e. The average molecular weight is 449 g/mol. The molecule has 1 heterocycles. The first-order chi connectivity index (χ1) is 16.0. The molecule has 1 aromatic carbocycles. The Balaban J connectivity index is 1.29. The van der Waals surface area contributed by atoms with E-state index in [0.29, 0.717) is 41.8 Å². The molecule has 33 heavy (non-hydrogen) atoms. The lowest BCUT2D eigenvalue weighted by Crippen LogP contribution is -2.58. The lowest BCUT2D eigenvalue weighted by Gasteiger charge is -2.59. The quantitative estimate of drug-likeness (QED) is 0.561. The summed E-state index contributed by atoms with van der Waals surface area (Å²) in [7, 11) is 3.28. The molecular weight excluding hydrogens is 416 g/mol. The molecule has 1 aromatic heterocycles. The normalized spacial score (nSPS) is 29.4. The summed E-state index contributed by atoms with van der Waals surface area (Å²) in [6, 6.07) is 8.25. The fourth-order valence-corrected chi connectivity index (χ4v) is 6.60. The Bertz CT molecular complexity index is 1050. The second-order valence-electron chi connectivity index (χ2n) is 10.00. The summed E-state index contributed by atoms with van der Waals surface area (Å²) in [6.07, 6.45) is 7.78. The second kappa shape index (κ2) is 8.71. The molecule has 4 fully saturated rings. The number of rotatable bonds is 8. The molecule has 5 atom stereocenters. The Morgan fingerprint density at radius 1 is 1.15 bits per heavy atom. The summed E-state index contributed by atoms with van der Waals surface area (Å²) in [5.41, 5.74) is 8.17. The van der Waals surface area contributed by atoms with Crippen LogP contribution in [0.15, 0.2) is 24.4 Å². The number of methoxy groups -OCH3 is 2. The van der Waals surface area contributed by atoms with E-state index in [9.17, 15) is 5.26 Å². The standard InChI is InChI=1S/C25H32N6O2/c1-32-20-3-4-21(33-2)18(7-20)12-28-24-29-13-19(11-26)23(31-24)30-14-25-8-15-5-16(9-25)22(27)17(6-15)10-25/h3-4,7,13,15-17,22H,5-6,8-10,12,14,27H2,1-2H3,(H2,28,29,30,31)/t15?,16-,17+,22?,25?. The minimum Gasteiger partial charge on any atom is -0.497 e. The van der Waals surface area contributed by atoms with Crippen molar-refractivity contribution in [3.8, 4) is 17.6 Å². The van der Waals surface area contributed by atoms with Gasteiger partial charge in [0.1, 0.15) is 28.9 Å². The van der Waals surface area contributed by atoms with Crippen LogP contribution in [0.25, 0.3) is 0 Å². The summed E-state index contributed by atoms with van der Waals surface area (Å²) < 4.78 is 10.8. The third kappa shape index (κ3) is 4.18. The van der Waals surface area contributed by atoms with E-state index in [1.165, 1.54) is 32.1 Å². The molecule has 4 aliphatic rings. The number of nitrogens with zero attached hydrogens (tertiary/aromatic N) is 3. The van der Waals surface area contributed by atoms with Gasteiger partial charge in [0, 0.05) is 24.7 Å². The maximum absolute atomic E-state index is 9.60. The Labute approximate surface area is 194 Å². The van der Waals surface area contributed by atoms with Crippen LogP contribution in [0.4, 0.5) is 11.8 Å². The predicted molar refractivity (Wildman–Crippen MR) is 126 cm³/mol. The minimum atomic E-state index is 0.269. The molecule has 6 rings (SSSR count). The smallest absolute Gasteiger partial charge is 0.224 e. The van der Waals surface area contributed by atoms with Crippen LogP contribution < -0.4 is 25.8 Å². The van der Waals surface area contributed by atoms with Crippen LogP contribution in [0.1, 0.15) is 43.2 Å². The zero-order valence-electron chi connectivity index (χ0n) is 19.3. The number of benzene rings is 1. The van der Waals surface area contributed by atoms with Crippen molar-refractivity contribution in [1.29, 1.82) is 5.26 Å². The van der Waals surface area contributed by atoms with E-state index >= 15 is 0 Å². The van der Waals surface area contributed by atoms with Gasteiger partial charge in [-0.2, -0.15) is 10.2 Å². The number of nitrogens with two attached hydrogens (primary N) is 1. The molecule has 3 unspecified atom stereocenters. The summed E-state index contributed by atoms with van der Waals surface area (Å²) in [4.78, 5) is 8.97. The molecule has 2 aromatic rings. The Hall–Kier alpha value is -3.05. The number of hydrogen-bond acceptors (Lipinski definition) is 8. The number of hydrogen-bond donors (Lipinski definition) is 3. The van der Waals surface area contributed by atoms with Gasteiger partial charge in [-0.15, -0.1) is 0 Å². The zero-order valence-corrected chi connectivity index (χ0v) is 19.3. The van der Waals surface area contributed by atoms with E-state index in [-0.39, 0.29) is 5.41 Å². The molecule has 4 saturated carbocycles. The van der Waals surface area contributed by atoms with Crippen LogP contribution in [0.2, 0.25) is 0 Å². The van der Waals surface area contributed by atoms with Crippen LogP contribution >= 0.6 is 0 Å². The maximum atomic E-state index is 9.60. The van der Waals surface area contributed by atoms with E-state index in [1.807, 2.05) is 18.2 Å². The van der Waals surface area contributed by atoms with Crippen molar-refractivity contribution < 1.29 is 9.47 Å². The second-order valence-corrected chi connectivity index (χ2v) is 10.00. The minimum absolute atomic E-state index is 0.269. The zero-order chi connectivity index (χ0) is 23.0. The van der Waals surface area contributed by atoms with Crippen molar-refractivity contribution >= 4 is 11.8 Å². The van der Waals surface area contributed by atoms with E-state index < -0.39 is 0 Å². The molecule has 0 saturated heterocycles. The molecule has 174 valence electrons. The number of aromatic nitrogens is 2. The summed E-state index contributed by atoms with van der Waals surface area (Å²) in [5, 5.41) is 16.4. The third-order valence-electron chi connectivity index (χ3n) is 7.94. The van der Waals surface area contributed by atoms with Gasteiger partial charge in [-0.3, -0.25) is 0 Å². The molecule has 0 aliphatic heterocycles. The highest BCUT2D eigenvalue weighted by Gasteiger charge is 2.54. The summed E-state index contributed by atoms with van der Waals surface area (Å²) >= 11 is 0. The van der Waals surface area contributed by atoms with Gasteiger partial charge in [-0.1, -0.05) is 0 Å². The van der Waals surface area contributed by atoms with Crippen molar-refractivity contribution in [3.05, 3.63) is 35.5 Å². The molecular formula is C25H32N6O2. The molecule has 8 heteroatoms. The first-order valence-corrected chi connectivity index (χ1v) is 11.7. The van der Waals surface area contributed by atoms with Gasteiger partial charge in [0.05, 0.1) is 20.4 Å². The van der Waals surface area contributed by atoms with Crippen LogP contribution in [-0.4, -0.2) is 36.8 Å². The largest absolute Gasteiger partial charge is 0.497 e. The van der Waals surface area contributed by atoms with E-state index in [0.717, 1.165) is 29.5 Å². The van der Waals surface area contributed by atoms with Crippen molar-refractivity contribution in [3.63, 3.8) is 0 Å². The Kier molecular flexibility index (Phi) is 5.75. The molecule has 0 radical (unpaired) electrons. The van der Waals surface area contributed by atoms with Gasteiger partial charge in [-0.25, -0.2) is 4.98 Å². The Morgan fingerprint density at radius 2 is 1.94 bits per heavy atom. The van der Waals surface area contributed by atoms with Gasteiger partial charge in [0.15, 0.2) is 0 Å². The molecule has 0 amide bonds. The van der Waals surface area contributed by atoms with Gasteiger partial charge >= 0.3 is 0 Å². The van der Waals surface area contributed by atoms with Gasteiger partial charge in [0.25, 0.3) is 0 Å². The highest BCUT2D eigenvalue weighted by Crippen LogP contribution is 2.59. The van der Waals surface area contributed by atoms with E-state index in [1.54, 1.807) is 20.4 Å². The lowest BCUT2D eigenvalue weighted by atomic mass is 9.48.